The van der Waals surface area contributed by atoms with Crippen molar-refractivity contribution in [3.05, 3.63) is 35.9 Å². The minimum Gasteiger partial charge on any atom is -0.479 e. The van der Waals surface area contributed by atoms with Crippen LogP contribution in [0.25, 0.3) is 0 Å². The summed E-state index contributed by atoms with van der Waals surface area (Å²) in [7, 11) is -4.11. The van der Waals surface area contributed by atoms with Crippen LogP contribution in [0, 0.1) is 5.41 Å². The first kappa shape index (κ1) is 23.1. The fourth-order valence-corrected chi connectivity index (χ4v) is 3.73. The monoisotopic (exact) mass is 401 g/mol. The number of hydrogen-bond donors (Lipinski definition) is 2. The molecule has 1 rings (SSSR count). The van der Waals surface area contributed by atoms with Crippen LogP contribution in [0.5, 0.6) is 0 Å². The van der Waals surface area contributed by atoms with Gasteiger partial charge in [-0.15, -0.1) is 0 Å². The van der Waals surface area contributed by atoms with Crippen LogP contribution in [-0.4, -0.2) is 43.5 Å². The SMILES string of the molecule is CCC(NC(C)=O)S(=O)(=O)OCC(C)(C)[C@@H](OCc1ccccc1)C(=O)O. The molecule has 0 aliphatic heterocycles. The number of carbonyl (C=O) groups excluding carboxylic acids is 1. The molecule has 0 bridgehead atoms. The second-order valence-corrected chi connectivity index (χ2v) is 8.65. The highest BCUT2D eigenvalue weighted by molar-refractivity contribution is 7.87. The van der Waals surface area contributed by atoms with Gasteiger partial charge in [-0.1, -0.05) is 51.1 Å². The third-order valence-corrected chi connectivity index (χ3v) is 5.47. The van der Waals surface area contributed by atoms with Crippen LogP contribution in [0.3, 0.4) is 0 Å². The van der Waals surface area contributed by atoms with E-state index in [4.69, 9.17) is 8.92 Å². The van der Waals surface area contributed by atoms with E-state index in [0.717, 1.165) is 5.56 Å². The van der Waals surface area contributed by atoms with Crippen molar-refractivity contribution in [2.24, 2.45) is 5.41 Å². The number of ether oxygens (including phenoxy) is 1. The molecule has 8 nitrogen and oxygen atoms in total. The second-order valence-electron chi connectivity index (χ2n) is 6.86. The summed E-state index contributed by atoms with van der Waals surface area (Å²) in [6.45, 7) is 5.56. The summed E-state index contributed by atoms with van der Waals surface area (Å²) >= 11 is 0. The Kier molecular flexibility index (Phi) is 8.39. The van der Waals surface area contributed by atoms with Crippen molar-refractivity contribution in [2.75, 3.05) is 6.61 Å². The largest absolute Gasteiger partial charge is 0.479 e. The Hall–Kier alpha value is -1.97. The molecule has 0 saturated carbocycles. The van der Waals surface area contributed by atoms with E-state index < -0.39 is 45.5 Å². The van der Waals surface area contributed by atoms with Gasteiger partial charge in [0, 0.05) is 12.3 Å². The van der Waals surface area contributed by atoms with E-state index in [2.05, 4.69) is 5.32 Å². The zero-order valence-electron chi connectivity index (χ0n) is 16.0. The molecule has 0 heterocycles. The maximum atomic E-state index is 12.3. The number of nitrogens with one attached hydrogen (secondary N) is 1. The fraction of sp³-hybridized carbons (Fsp3) is 0.556. The molecule has 1 aromatic rings. The van der Waals surface area contributed by atoms with Gasteiger partial charge in [0.15, 0.2) is 11.5 Å². The number of hydrogen-bond acceptors (Lipinski definition) is 6. The lowest BCUT2D eigenvalue weighted by molar-refractivity contribution is -0.162. The van der Waals surface area contributed by atoms with Crippen LogP contribution < -0.4 is 5.32 Å². The Labute approximate surface area is 160 Å². The van der Waals surface area contributed by atoms with E-state index in [1.165, 1.54) is 6.92 Å². The number of rotatable bonds is 11. The van der Waals surface area contributed by atoms with Gasteiger partial charge >= 0.3 is 5.97 Å². The molecule has 1 amide bonds. The molecule has 1 aromatic carbocycles. The quantitative estimate of drug-likeness (QED) is 0.544. The van der Waals surface area contributed by atoms with Crippen molar-refractivity contribution < 1.29 is 32.0 Å². The molecule has 0 saturated heterocycles. The summed E-state index contributed by atoms with van der Waals surface area (Å²) in [6.07, 6.45) is -1.16. The number of aliphatic carboxylic acids is 1. The molecule has 2 N–H and O–H groups in total. The van der Waals surface area contributed by atoms with Crippen molar-refractivity contribution in [1.29, 1.82) is 0 Å². The molecule has 152 valence electrons. The van der Waals surface area contributed by atoms with Gasteiger partial charge in [-0.3, -0.25) is 8.98 Å². The zero-order chi connectivity index (χ0) is 20.7. The highest BCUT2D eigenvalue weighted by atomic mass is 32.2. The Balaban J connectivity index is 2.81. The van der Waals surface area contributed by atoms with E-state index in [1.807, 2.05) is 18.2 Å². The zero-order valence-corrected chi connectivity index (χ0v) is 16.8. The van der Waals surface area contributed by atoms with Crippen LogP contribution >= 0.6 is 0 Å². The number of carbonyl (C=O) groups is 2. The predicted octanol–water partition coefficient (Wildman–Crippen LogP) is 1.90. The summed E-state index contributed by atoms with van der Waals surface area (Å²) in [6, 6.07) is 9.04. The summed E-state index contributed by atoms with van der Waals surface area (Å²) in [5.41, 5.74) is -0.341. The molecular formula is C18H27NO7S. The lowest BCUT2D eigenvalue weighted by Gasteiger charge is -2.31. The van der Waals surface area contributed by atoms with Crippen molar-refractivity contribution in [1.82, 2.24) is 5.32 Å². The first-order valence-electron chi connectivity index (χ1n) is 8.53. The van der Waals surface area contributed by atoms with Crippen molar-refractivity contribution in [3.63, 3.8) is 0 Å². The standard InChI is InChI=1S/C18H27NO7S/c1-5-15(19-13(2)20)27(23,24)26-12-18(3,4)16(17(21)22)25-11-14-9-7-6-8-10-14/h6-10,15-16H,5,11-12H2,1-4H3,(H,19,20)(H,21,22)/t15?,16-/m0/s1. The molecule has 0 aliphatic rings. The number of amides is 1. The van der Waals surface area contributed by atoms with Gasteiger partial charge in [0.2, 0.25) is 5.91 Å². The van der Waals surface area contributed by atoms with Crippen LogP contribution in [0.1, 0.15) is 39.7 Å². The maximum absolute atomic E-state index is 12.3. The molecular weight excluding hydrogens is 374 g/mol. The summed E-state index contributed by atoms with van der Waals surface area (Å²) in [5.74, 6) is -1.71. The lowest BCUT2D eigenvalue weighted by atomic mass is 9.87. The van der Waals surface area contributed by atoms with Gasteiger partial charge < -0.3 is 15.2 Å². The van der Waals surface area contributed by atoms with Crippen LogP contribution in [0.2, 0.25) is 0 Å². The summed E-state index contributed by atoms with van der Waals surface area (Å²) < 4.78 is 35.2. The van der Waals surface area contributed by atoms with Crippen LogP contribution in [-0.2, 0) is 35.2 Å². The van der Waals surface area contributed by atoms with Crippen molar-refractivity contribution >= 4 is 22.0 Å². The molecule has 27 heavy (non-hydrogen) atoms. The van der Waals surface area contributed by atoms with E-state index in [-0.39, 0.29) is 13.0 Å². The fourth-order valence-electron chi connectivity index (χ4n) is 2.38. The molecule has 9 heteroatoms. The molecule has 0 radical (unpaired) electrons. The minimum atomic E-state index is -4.11. The highest BCUT2D eigenvalue weighted by Gasteiger charge is 2.39. The van der Waals surface area contributed by atoms with E-state index in [1.54, 1.807) is 32.9 Å². The molecule has 0 spiro atoms. The van der Waals surface area contributed by atoms with Crippen LogP contribution in [0.15, 0.2) is 30.3 Å². The number of carboxylic acids is 1. The van der Waals surface area contributed by atoms with Gasteiger partial charge in [0.05, 0.1) is 13.2 Å². The normalized spacial score (nSPS) is 14.4. The van der Waals surface area contributed by atoms with Crippen molar-refractivity contribution in [3.8, 4) is 0 Å². The van der Waals surface area contributed by atoms with Gasteiger partial charge in [0.1, 0.15) is 0 Å². The Bertz CT molecular complexity index is 731. The van der Waals surface area contributed by atoms with Gasteiger partial charge in [-0.05, 0) is 12.0 Å². The Morgan fingerprint density at radius 3 is 2.30 bits per heavy atom. The number of carboxylic acid groups (broad SMARTS) is 1. The average molecular weight is 401 g/mol. The molecule has 0 aliphatic carbocycles. The third kappa shape index (κ3) is 7.28. The second kappa shape index (κ2) is 9.82. The molecule has 0 aromatic heterocycles. The average Bonchev–Trinajstić information content (AvgIpc) is 2.58. The topological polar surface area (TPSA) is 119 Å². The van der Waals surface area contributed by atoms with E-state index >= 15 is 0 Å². The smallest absolute Gasteiger partial charge is 0.333 e. The molecule has 0 fully saturated rings. The summed E-state index contributed by atoms with van der Waals surface area (Å²) in [5, 5.41) is 10.6. The predicted molar refractivity (Wildman–Crippen MR) is 99.2 cm³/mol. The van der Waals surface area contributed by atoms with Gasteiger partial charge in [-0.25, -0.2) is 4.79 Å². The molecule has 2 atom stereocenters. The Morgan fingerprint density at radius 1 is 1.22 bits per heavy atom. The van der Waals surface area contributed by atoms with E-state index in [9.17, 15) is 23.1 Å². The first-order valence-corrected chi connectivity index (χ1v) is 10.0. The summed E-state index contributed by atoms with van der Waals surface area (Å²) in [4.78, 5) is 22.8. The number of benzene rings is 1. The van der Waals surface area contributed by atoms with Crippen LogP contribution in [0.4, 0.5) is 0 Å². The first-order chi connectivity index (χ1) is 12.5. The van der Waals surface area contributed by atoms with Crippen molar-refractivity contribution in [2.45, 2.75) is 52.2 Å². The molecule has 1 unspecified atom stereocenters. The third-order valence-electron chi connectivity index (χ3n) is 3.87. The maximum Gasteiger partial charge on any atom is 0.333 e. The minimum absolute atomic E-state index is 0.0669. The lowest BCUT2D eigenvalue weighted by Crippen LogP contribution is -2.45. The van der Waals surface area contributed by atoms with E-state index in [0.29, 0.717) is 0 Å². The highest BCUT2D eigenvalue weighted by Crippen LogP contribution is 2.27. The van der Waals surface area contributed by atoms with Gasteiger partial charge in [-0.2, -0.15) is 8.42 Å². The Morgan fingerprint density at radius 2 is 1.81 bits per heavy atom. The van der Waals surface area contributed by atoms with Gasteiger partial charge in [0.25, 0.3) is 10.1 Å².